The molecule has 0 spiro atoms. The SMILES string of the molecule is COc1ncc(N=C2O[C@H]3[C@H](OC4C(C)CC(C)C(=O)OCC(C)(O)C(O)C(C)NCC(C)CC4(C)O)O[C@H](C)C[C@@H]3N2C)cn1. The number of cyclic esters (lactones) is 1. The van der Waals surface area contributed by atoms with Gasteiger partial charge in [-0.3, -0.25) is 4.79 Å². The Bertz CT molecular complexity index is 1200. The van der Waals surface area contributed by atoms with Gasteiger partial charge in [0.25, 0.3) is 6.02 Å². The van der Waals surface area contributed by atoms with Gasteiger partial charge in [-0.1, -0.05) is 20.8 Å². The van der Waals surface area contributed by atoms with Crippen LogP contribution in [0.25, 0.3) is 0 Å². The molecule has 0 aromatic carbocycles. The maximum atomic E-state index is 13.0. The second-order valence-corrected chi connectivity index (χ2v) is 14.1. The number of rotatable bonds is 4. The van der Waals surface area contributed by atoms with Gasteiger partial charge in [-0.2, -0.15) is 4.99 Å². The average Bonchev–Trinajstić information content (AvgIpc) is 3.30. The summed E-state index contributed by atoms with van der Waals surface area (Å²) in [5.74, 6) is -1.42. The molecule has 0 saturated carbocycles. The number of ether oxygens (including phenoxy) is 5. The molecule has 3 aliphatic rings. The first kappa shape index (κ1) is 36.2. The number of nitrogens with one attached hydrogen (secondary N) is 1. The molecule has 46 heavy (non-hydrogen) atoms. The second kappa shape index (κ2) is 14.7. The van der Waals surface area contributed by atoms with Crippen molar-refractivity contribution in [1.29, 1.82) is 0 Å². The van der Waals surface area contributed by atoms with Crippen LogP contribution in [0.3, 0.4) is 0 Å². The number of carbonyl (C=O) groups excluding carboxylic acids is 1. The number of hydrogen-bond acceptors (Lipinski definition) is 13. The van der Waals surface area contributed by atoms with Gasteiger partial charge in [0.2, 0.25) is 0 Å². The lowest BCUT2D eigenvalue weighted by atomic mass is 9.79. The molecule has 1 aromatic heterocycles. The van der Waals surface area contributed by atoms with E-state index in [9.17, 15) is 20.1 Å². The number of aliphatic hydroxyl groups is 3. The van der Waals surface area contributed by atoms with E-state index in [0.717, 1.165) is 0 Å². The van der Waals surface area contributed by atoms with Crippen molar-refractivity contribution in [1.82, 2.24) is 20.2 Å². The van der Waals surface area contributed by atoms with Crippen LogP contribution >= 0.6 is 0 Å². The molecule has 0 bridgehead atoms. The van der Waals surface area contributed by atoms with Gasteiger partial charge in [0, 0.05) is 13.1 Å². The van der Waals surface area contributed by atoms with E-state index in [4.69, 9.17) is 23.7 Å². The summed E-state index contributed by atoms with van der Waals surface area (Å²) < 4.78 is 29.9. The monoisotopic (exact) mass is 651 g/mol. The van der Waals surface area contributed by atoms with E-state index in [1.54, 1.807) is 33.2 Å². The Morgan fingerprint density at radius 3 is 2.41 bits per heavy atom. The standard InChI is InChI=1S/C32H53N5O9/c1-17-12-31(6,40)26(18(2)10-19(3)27(39)43-16-32(7,41)25(38)21(5)33-13-17)46-28-24-23(11-20(4)44-28)37(8)30(45-24)36-22-14-34-29(42-9)35-15-22/h14-15,17-21,23-26,28,33,38,40-41H,10-13,16H2,1-9H3/t17?,18?,19?,20-,21?,23+,24-,25?,26?,28+,31?,32?/m1/s1. The van der Waals surface area contributed by atoms with E-state index in [1.165, 1.54) is 14.0 Å². The molecular weight excluding hydrogens is 598 g/mol. The van der Waals surface area contributed by atoms with Crippen LogP contribution in [0.4, 0.5) is 5.69 Å². The Hall–Kier alpha value is -2.62. The maximum absolute atomic E-state index is 13.0. The lowest BCUT2D eigenvalue weighted by molar-refractivity contribution is -0.283. The van der Waals surface area contributed by atoms with E-state index in [2.05, 4.69) is 20.3 Å². The number of aliphatic hydroxyl groups excluding tert-OH is 1. The average molecular weight is 652 g/mol. The summed E-state index contributed by atoms with van der Waals surface area (Å²) in [5, 5.41) is 37.0. The zero-order valence-electron chi connectivity index (χ0n) is 28.5. The summed E-state index contributed by atoms with van der Waals surface area (Å²) in [5.41, 5.74) is -2.48. The van der Waals surface area contributed by atoms with E-state index in [1.807, 2.05) is 32.7 Å². The summed E-state index contributed by atoms with van der Waals surface area (Å²) in [7, 11) is 3.40. The van der Waals surface area contributed by atoms with Crippen molar-refractivity contribution >= 4 is 17.7 Å². The molecule has 4 N–H and O–H groups in total. The molecule has 14 nitrogen and oxygen atoms in total. The van der Waals surface area contributed by atoms with Crippen LogP contribution in [0, 0.1) is 17.8 Å². The van der Waals surface area contributed by atoms with Gasteiger partial charge in [0.05, 0.1) is 49.3 Å². The number of aliphatic imine (C=N–C) groups is 1. The second-order valence-electron chi connectivity index (χ2n) is 14.1. The van der Waals surface area contributed by atoms with E-state index in [-0.39, 0.29) is 36.6 Å². The number of esters is 1. The molecule has 0 radical (unpaired) electrons. The highest BCUT2D eigenvalue weighted by atomic mass is 16.7. The fourth-order valence-electron chi connectivity index (χ4n) is 6.87. The van der Waals surface area contributed by atoms with Crippen molar-refractivity contribution in [3.05, 3.63) is 12.4 Å². The molecule has 3 fully saturated rings. The minimum atomic E-state index is -1.64. The van der Waals surface area contributed by atoms with Crippen LogP contribution in [-0.2, 0) is 23.7 Å². The first-order chi connectivity index (χ1) is 21.5. The zero-order chi connectivity index (χ0) is 34.0. The number of methoxy groups -OCH3 is 1. The van der Waals surface area contributed by atoms with Crippen molar-refractivity contribution in [2.45, 2.75) is 122 Å². The van der Waals surface area contributed by atoms with Gasteiger partial charge in [0.1, 0.15) is 24.0 Å². The Balaban J connectivity index is 1.59. The number of likely N-dealkylation sites (N-methyl/N-ethyl adjacent to an activating group) is 1. The minimum Gasteiger partial charge on any atom is -0.467 e. The van der Waals surface area contributed by atoms with Crippen LogP contribution < -0.4 is 10.1 Å². The highest BCUT2D eigenvalue weighted by Crippen LogP contribution is 2.38. The molecule has 8 unspecified atom stereocenters. The maximum Gasteiger partial charge on any atom is 0.316 e. The molecule has 4 rings (SSSR count). The molecule has 1 aromatic rings. The van der Waals surface area contributed by atoms with Crippen LogP contribution in [0.15, 0.2) is 17.4 Å². The number of aromatic nitrogens is 2. The van der Waals surface area contributed by atoms with E-state index in [0.29, 0.717) is 37.5 Å². The number of carbonyl (C=O) groups is 1. The largest absolute Gasteiger partial charge is 0.467 e. The van der Waals surface area contributed by atoms with E-state index >= 15 is 0 Å². The fourth-order valence-corrected chi connectivity index (χ4v) is 6.87. The summed E-state index contributed by atoms with van der Waals surface area (Å²) in [4.78, 5) is 27.8. The topological polar surface area (TPSA) is 177 Å². The molecule has 4 heterocycles. The Labute approximate surface area is 271 Å². The van der Waals surface area contributed by atoms with Crippen LogP contribution in [-0.4, -0.2) is 123 Å². The third kappa shape index (κ3) is 8.45. The molecule has 0 aliphatic carbocycles. The highest BCUT2D eigenvalue weighted by Gasteiger charge is 2.51. The van der Waals surface area contributed by atoms with Gasteiger partial charge in [-0.15, -0.1) is 0 Å². The predicted octanol–water partition coefficient (Wildman–Crippen LogP) is 1.78. The predicted molar refractivity (Wildman–Crippen MR) is 168 cm³/mol. The Kier molecular flexibility index (Phi) is 11.5. The van der Waals surface area contributed by atoms with Crippen molar-refractivity contribution in [3.8, 4) is 6.01 Å². The van der Waals surface area contributed by atoms with Crippen molar-refractivity contribution < 1.29 is 43.8 Å². The molecule has 14 heteroatoms. The third-order valence-electron chi connectivity index (χ3n) is 9.36. The van der Waals surface area contributed by atoms with Crippen molar-refractivity contribution in [2.24, 2.45) is 22.7 Å². The molecule has 260 valence electrons. The quantitative estimate of drug-likeness (QED) is 0.347. The first-order valence-corrected chi connectivity index (χ1v) is 16.2. The molecule has 3 saturated heterocycles. The molecular formula is C32H53N5O9. The summed E-state index contributed by atoms with van der Waals surface area (Å²) in [6, 6.07) is 0.00762. The summed E-state index contributed by atoms with van der Waals surface area (Å²) >= 11 is 0. The summed E-state index contributed by atoms with van der Waals surface area (Å²) in [6.45, 7) is 12.7. The number of hydrogen-bond donors (Lipinski definition) is 4. The van der Waals surface area contributed by atoms with Gasteiger partial charge < -0.3 is 49.2 Å². The zero-order valence-corrected chi connectivity index (χ0v) is 28.5. The molecule has 3 aliphatic heterocycles. The van der Waals surface area contributed by atoms with Gasteiger partial charge in [-0.25, -0.2) is 9.97 Å². The molecule has 0 amide bonds. The lowest BCUT2D eigenvalue weighted by Crippen LogP contribution is -2.56. The van der Waals surface area contributed by atoms with Gasteiger partial charge in [-0.05, 0) is 65.3 Å². The first-order valence-electron chi connectivity index (χ1n) is 16.2. The summed E-state index contributed by atoms with van der Waals surface area (Å²) in [6.07, 6.45) is 0.999. The van der Waals surface area contributed by atoms with E-state index < -0.39 is 53.7 Å². The highest BCUT2D eigenvalue weighted by molar-refractivity contribution is 5.79. The fraction of sp³-hybridized carbons (Fsp3) is 0.812. The van der Waals surface area contributed by atoms with Crippen LogP contribution in [0.2, 0.25) is 0 Å². The minimum absolute atomic E-state index is 0.0356. The Morgan fingerprint density at radius 1 is 1.09 bits per heavy atom. The number of nitrogens with zero attached hydrogens (tertiary/aromatic N) is 4. The van der Waals surface area contributed by atoms with Crippen molar-refractivity contribution in [3.63, 3.8) is 0 Å². The Morgan fingerprint density at radius 2 is 1.76 bits per heavy atom. The lowest BCUT2D eigenvalue weighted by Gasteiger charge is -2.44. The van der Waals surface area contributed by atoms with Gasteiger partial charge >= 0.3 is 12.0 Å². The molecule has 12 atom stereocenters. The van der Waals surface area contributed by atoms with Crippen LogP contribution in [0.5, 0.6) is 6.01 Å². The number of amidine groups is 1. The van der Waals surface area contributed by atoms with Crippen LogP contribution in [0.1, 0.15) is 67.7 Å². The van der Waals surface area contributed by atoms with Crippen molar-refractivity contribution in [2.75, 3.05) is 27.3 Å². The number of fused-ring (bicyclic) bond motifs is 1. The smallest absolute Gasteiger partial charge is 0.316 e. The third-order valence-corrected chi connectivity index (χ3v) is 9.36. The normalized spacial score (nSPS) is 42.4. The van der Waals surface area contributed by atoms with Gasteiger partial charge in [0.15, 0.2) is 12.4 Å².